The molecule has 5 atom stereocenters. The molecule has 2 fully saturated rings. The normalized spacial score (nSPS) is 40.2. The summed E-state index contributed by atoms with van der Waals surface area (Å²) < 4.78 is 6.85. The summed E-state index contributed by atoms with van der Waals surface area (Å²) in [5.41, 5.74) is 0.141. The second kappa shape index (κ2) is 6.36. The van der Waals surface area contributed by atoms with Crippen LogP contribution in [-0.2, 0) is 4.43 Å². The average Bonchev–Trinajstić information content (AvgIpc) is 2.42. The predicted octanol–water partition coefficient (Wildman–Crippen LogP) is 4.58. The summed E-state index contributed by atoms with van der Waals surface area (Å²) in [4.78, 5) is 0. The molecule has 0 bridgehead atoms. The van der Waals surface area contributed by atoms with Gasteiger partial charge in [-0.1, -0.05) is 41.5 Å². The molecular formula is C20H40O3Si. The number of fused-ring (bicyclic) bond motifs is 1. The summed E-state index contributed by atoms with van der Waals surface area (Å²) in [5, 5.41) is 20.5. The Morgan fingerprint density at radius 3 is 2.21 bits per heavy atom. The maximum atomic E-state index is 10.4. The van der Waals surface area contributed by atoms with Crippen LogP contribution in [0.15, 0.2) is 0 Å². The number of aliphatic hydroxyl groups excluding tert-OH is 2. The maximum absolute atomic E-state index is 10.4. The zero-order valence-corrected chi connectivity index (χ0v) is 18.1. The van der Waals surface area contributed by atoms with Gasteiger partial charge in [0, 0.05) is 6.61 Å². The molecule has 0 radical (unpaired) electrons. The van der Waals surface area contributed by atoms with E-state index in [1.165, 1.54) is 0 Å². The summed E-state index contributed by atoms with van der Waals surface area (Å²) in [6, 6.07) is 0. The monoisotopic (exact) mass is 356 g/mol. The van der Waals surface area contributed by atoms with E-state index in [1.807, 2.05) is 0 Å². The molecule has 0 amide bonds. The molecule has 0 spiro atoms. The lowest BCUT2D eigenvalue weighted by molar-refractivity contribution is -0.161. The third-order valence-electron chi connectivity index (χ3n) is 7.93. The van der Waals surface area contributed by atoms with Crippen molar-refractivity contribution < 1.29 is 14.6 Å². The first kappa shape index (κ1) is 20.4. The Balaban J connectivity index is 2.29. The van der Waals surface area contributed by atoms with Crippen LogP contribution in [0.5, 0.6) is 0 Å². The molecule has 24 heavy (non-hydrogen) atoms. The minimum atomic E-state index is -1.82. The lowest BCUT2D eigenvalue weighted by Gasteiger charge is -2.61. The SMILES string of the molecule is CC1(C)[C@@H](O[Si](C)(C)C(C)(C)C)CC[C@]2(C)[C@@H](CO)C[C@@H](O)C[C@@H]12. The van der Waals surface area contributed by atoms with Gasteiger partial charge in [0.15, 0.2) is 8.32 Å². The number of rotatable bonds is 3. The van der Waals surface area contributed by atoms with Crippen molar-refractivity contribution in [1.29, 1.82) is 0 Å². The van der Waals surface area contributed by atoms with Crippen molar-refractivity contribution in [3.05, 3.63) is 0 Å². The van der Waals surface area contributed by atoms with Gasteiger partial charge < -0.3 is 14.6 Å². The van der Waals surface area contributed by atoms with Gasteiger partial charge in [0.1, 0.15) is 0 Å². The van der Waals surface area contributed by atoms with E-state index in [0.717, 1.165) is 25.7 Å². The summed E-state index contributed by atoms with van der Waals surface area (Å²) in [6.07, 6.45) is 3.72. The zero-order chi connectivity index (χ0) is 18.6. The molecule has 0 unspecified atom stereocenters. The molecule has 0 aromatic carbocycles. The third-order valence-corrected chi connectivity index (χ3v) is 12.4. The summed E-state index contributed by atoms with van der Waals surface area (Å²) >= 11 is 0. The molecule has 2 rings (SSSR count). The largest absolute Gasteiger partial charge is 0.413 e. The molecule has 0 aromatic heterocycles. The van der Waals surface area contributed by atoms with E-state index in [0.29, 0.717) is 5.92 Å². The van der Waals surface area contributed by atoms with Crippen LogP contribution in [0.25, 0.3) is 0 Å². The van der Waals surface area contributed by atoms with Crippen LogP contribution in [0.3, 0.4) is 0 Å². The predicted molar refractivity (Wildman–Crippen MR) is 102 cm³/mol. The Labute approximate surface area is 150 Å². The van der Waals surface area contributed by atoms with E-state index < -0.39 is 8.32 Å². The van der Waals surface area contributed by atoms with Crippen LogP contribution in [0.2, 0.25) is 18.1 Å². The van der Waals surface area contributed by atoms with Crippen molar-refractivity contribution in [2.45, 2.75) is 97.6 Å². The van der Waals surface area contributed by atoms with E-state index in [-0.39, 0.29) is 40.6 Å². The molecule has 0 heterocycles. The number of hydrogen-bond acceptors (Lipinski definition) is 3. The minimum Gasteiger partial charge on any atom is -0.413 e. The number of hydrogen-bond donors (Lipinski definition) is 2. The maximum Gasteiger partial charge on any atom is 0.192 e. The van der Waals surface area contributed by atoms with Gasteiger partial charge in [-0.05, 0) is 66.5 Å². The van der Waals surface area contributed by atoms with Crippen LogP contribution in [-0.4, -0.2) is 37.3 Å². The Kier molecular flexibility index (Phi) is 5.41. The topological polar surface area (TPSA) is 49.7 Å². The molecule has 4 heteroatoms. The van der Waals surface area contributed by atoms with Crippen LogP contribution in [0.4, 0.5) is 0 Å². The van der Waals surface area contributed by atoms with Crippen LogP contribution in [0, 0.1) is 22.7 Å². The van der Waals surface area contributed by atoms with Crippen molar-refractivity contribution in [2.24, 2.45) is 22.7 Å². The Hall–Kier alpha value is 0.0969. The van der Waals surface area contributed by atoms with E-state index in [2.05, 4.69) is 54.6 Å². The highest BCUT2D eigenvalue weighted by Gasteiger charge is 2.58. The van der Waals surface area contributed by atoms with Gasteiger partial charge in [0.05, 0.1) is 12.2 Å². The summed E-state index contributed by atoms with van der Waals surface area (Å²) in [7, 11) is -1.82. The highest BCUT2D eigenvalue weighted by molar-refractivity contribution is 6.74. The molecule has 0 aliphatic heterocycles. The second-order valence-corrected chi connectivity index (χ2v) is 15.5. The molecule has 2 aliphatic rings. The first-order valence-electron chi connectivity index (χ1n) is 9.72. The van der Waals surface area contributed by atoms with Gasteiger partial charge in [-0.3, -0.25) is 0 Å². The third kappa shape index (κ3) is 3.36. The fourth-order valence-electron chi connectivity index (χ4n) is 5.12. The van der Waals surface area contributed by atoms with E-state index in [1.54, 1.807) is 0 Å². The fourth-order valence-corrected chi connectivity index (χ4v) is 6.60. The molecule has 2 saturated carbocycles. The lowest BCUT2D eigenvalue weighted by atomic mass is 9.47. The first-order valence-corrected chi connectivity index (χ1v) is 12.6. The van der Waals surface area contributed by atoms with Gasteiger partial charge in [-0.25, -0.2) is 0 Å². The standard InChI is InChI=1S/C20H40O3Si/c1-18(2,3)24(7,8)23-17-9-10-20(6)14(13-21)11-15(22)12-16(20)19(17,4)5/h14-17,21-22H,9-13H2,1-8H3/t14-,15-,16+,17+,20-/m1/s1. The first-order chi connectivity index (χ1) is 10.8. The van der Waals surface area contributed by atoms with Crippen molar-refractivity contribution in [2.75, 3.05) is 6.61 Å². The molecular weight excluding hydrogens is 316 g/mol. The molecule has 142 valence electrons. The second-order valence-electron chi connectivity index (χ2n) is 10.8. The summed E-state index contributed by atoms with van der Waals surface area (Å²) in [6.45, 7) is 18.8. The Bertz CT molecular complexity index is 454. The van der Waals surface area contributed by atoms with Crippen molar-refractivity contribution >= 4 is 8.32 Å². The highest BCUT2D eigenvalue weighted by Crippen LogP contribution is 2.61. The smallest absolute Gasteiger partial charge is 0.192 e. The molecule has 3 nitrogen and oxygen atoms in total. The quantitative estimate of drug-likeness (QED) is 0.728. The molecule has 0 aromatic rings. The zero-order valence-electron chi connectivity index (χ0n) is 17.1. The minimum absolute atomic E-state index is 0.0251. The van der Waals surface area contributed by atoms with Crippen LogP contribution in [0.1, 0.15) is 67.2 Å². The van der Waals surface area contributed by atoms with Crippen molar-refractivity contribution in [1.82, 2.24) is 0 Å². The highest BCUT2D eigenvalue weighted by atomic mass is 28.4. The van der Waals surface area contributed by atoms with E-state index >= 15 is 0 Å². The molecule has 2 aliphatic carbocycles. The van der Waals surface area contributed by atoms with Crippen LogP contribution >= 0.6 is 0 Å². The Morgan fingerprint density at radius 2 is 1.71 bits per heavy atom. The van der Waals surface area contributed by atoms with Gasteiger partial charge in [-0.2, -0.15) is 0 Å². The number of aliphatic hydroxyl groups is 2. The lowest BCUT2D eigenvalue weighted by Crippen LogP contribution is -2.60. The Morgan fingerprint density at radius 1 is 1.12 bits per heavy atom. The molecule has 0 saturated heterocycles. The van der Waals surface area contributed by atoms with Gasteiger partial charge in [-0.15, -0.1) is 0 Å². The fraction of sp³-hybridized carbons (Fsp3) is 1.00. The van der Waals surface area contributed by atoms with Crippen molar-refractivity contribution in [3.8, 4) is 0 Å². The molecule has 2 N–H and O–H groups in total. The van der Waals surface area contributed by atoms with Gasteiger partial charge in [0.25, 0.3) is 0 Å². The van der Waals surface area contributed by atoms with Crippen molar-refractivity contribution in [3.63, 3.8) is 0 Å². The summed E-state index contributed by atoms with van der Waals surface area (Å²) in [5.74, 6) is 0.605. The average molecular weight is 357 g/mol. The van der Waals surface area contributed by atoms with E-state index in [9.17, 15) is 10.2 Å². The van der Waals surface area contributed by atoms with Gasteiger partial charge >= 0.3 is 0 Å². The van der Waals surface area contributed by atoms with Gasteiger partial charge in [0.2, 0.25) is 0 Å². The van der Waals surface area contributed by atoms with Crippen LogP contribution < -0.4 is 0 Å². The van der Waals surface area contributed by atoms with E-state index in [4.69, 9.17) is 4.43 Å².